The van der Waals surface area contributed by atoms with Crippen LogP contribution in [0.2, 0.25) is 0 Å². The van der Waals surface area contributed by atoms with Gasteiger partial charge in [0, 0.05) is 31.5 Å². The van der Waals surface area contributed by atoms with Gasteiger partial charge in [0.2, 0.25) is 0 Å². The molecule has 0 fully saturated rings. The molecule has 1 atom stereocenters. The fourth-order valence-electron chi connectivity index (χ4n) is 2.47. The molecule has 1 N–H and O–H groups in total. The van der Waals surface area contributed by atoms with Crippen LogP contribution >= 0.6 is 0 Å². The number of nitrogens with zero attached hydrogens (tertiary/aromatic N) is 2. The summed E-state index contributed by atoms with van der Waals surface area (Å²) in [6.07, 6.45) is 3.82. The Labute approximate surface area is 126 Å². The zero-order valence-corrected chi connectivity index (χ0v) is 13.0. The average molecular weight is 289 g/mol. The van der Waals surface area contributed by atoms with E-state index in [0.717, 1.165) is 19.4 Å². The van der Waals surface area contributed by atoms with Crippen LogP contribution < -0.4 is 5.32 Å². The van der Waals surface area contributed by atoms with E-state index in [4.69, 9.17) is 0 Å². The Morgan fingerprint density at radius 2 is 1.90 bits per heavy atom. The van der Waals surface area contributed by atoms with Gasteiger partial charge in [0.15, 0.2) is 0 Å². The number of hydrogen-bond donors (Lipinski definition) is 1. The zero-order chi connectivity index (χ0) is 15.2. The zero-order valence-electron chi connectivity index (χ0n) is 13.0. The maximum atomic E-state index is 13.1. The highest BCUT2D eigenvalue weighted by Crippen LogP contribution is 2.22. The standard InChI is InChI=1S/C17H24FN3/c1-13(2)19-12-15(14-4-7-16(18)8-5-14)6-9-17-10-11-20-21(17)3/h4-5,7-8,10-11,13,15,19H,6,9,12H2,1-3H3. The average Bonchev–Trinajstić information content (AvgIpc) is 2.85. The summed E-state index contributed by atoms with van der Waals surface area (Å²) in [6.45, 7) is 5.19. The quantitative estimate of drug-likeness (QED) is 0.848. The van der Waals surface area contributed by atoms with E-state index in [2.05, 4.69) is 30.3 Å². The van der Waals surface area contributed by atoms with Gasteiger partial charge in [-0.15, -0.1) is 0 Å². The maximum Gasteiger partial charge on any atom is 0.123 e. The second kappa shape index (κ2) is 7.36. The Morgan fingerprint density at radius 1 is 1.19 bits per heavy atom. The largest absolute Gasteiger partial charge is 0.314 e. The molecule has 1 aromatic heterocycles. The normalized spacial score (nSPS) is 12.8. The third-order valence-electron chi connectivity index (χ3n) is 3.79. The highest BCUT2D eigenvalue weighted by molar-refractivity contribution is 5.21. The Balaban J connectivity index is 2.04. The summed E-state index contributed by atoms with van der Waals surface area (Å²) in [5.74, 6) is 0.198. The molecule has 0 saturated carbocycles. The molecule has 0 aliphatic heterocycles. The van der Waals surface area contributed by atoms with Crippen molar-refractivity contribution in [3.05, 3.63) is 53.6 Å². The lowest BCUT2D eigenvalue weighted by molar-refractivity contribution is 0.502. The lowest BCUT2D eigenvalue weighted by atomic mass is 9.93. The molecule has 2 rings (SSSR count). The fourth-order valence-corrected chi connectivity index (χ4v) is 2.47. The Morgan fingerprint density at radius 3 is 2.48 bits per heavy atom. The van der Waals surface area contributed by atoms with Crippen LogP contribution in [-0.4, -0.2) is 22.4 Å². The van der Waals surface area contributed by atoms with Crippen molar-refractivity contribution in [2.24, 2.45) is 7.05 Å². The van der Waals surface area contributed by atoms with Crippen molar-refractivity contribution < 1.29 is 4.39 Å². The van der Waals surface area contributed by atoms with Gasteiger partial charge >= 0.3 is 0 Å². The monoisotopic (exact) mass is 289 g/mol. The Hall–Kier alpha value is -1.68. The van der Waals surface area contributed by atoms with Crippen LogP contribution in [0.15, 0.2) is 36.5 Å². The molecule has 1 heterocycles. The minimum absolute atomic E-state index is 0.180. The van der Waals surface area contributed by atoms with E-state index in [1.54, 1.807) is 12.1 Å². The van der Waals surface area contributed by atoms with E-state index in [1.165, 1.54) is 11.3 Å². The van der Waals surface area contributed by atoms with Crippen LogP contribution in [-0.2, 0) is 13.5 Å². The third-order valence-corrected chi connectivity index (χ3v) is 3.79. The molecule has 21 heavy (non-hydrogen) atoms. The second-order valence-electron chi connectivity index (χ2n) is 5.80. The van der Waals surface area contributed by atoms with E-state index < -0.39 is 0 Å². The predicted octanol–water partition coefficient (Wildman–Crippen LogP) is 3.27. The summed E-state index contributed by atoms with van der Waals surface area (Å²) >= 11 is 0. The van der Waals surface area contributed by atoms with Crippen molar-refractivity contribution in [1.82, 2.24) is 15.1 Å². The number of halogens is 1. The van der Waals surface area contributed by atoms with Gasteiger partial charge < -0.3 is 5.32 Å². The lowest BCUT2D eigenvalue weighted by Gasteiger charge is -2.20. The highest BCUT2D eigenvalue weighted by atomic mass is 19.1. The molecule has 0 saturated heterocycles. The van der Waals surface area contributed by atoms with E-state index >= 15 is 0 Å². The van der Waals surface area contributed by atoms with Gasteiger partial charge in [0.25, 0.3) is 0 Å². The van der Waals surface area contributed by atoms with Gasteiger partial charge in [-0.05, 0) is 42.5 Å². The molecule has 114 valence electrons. The molecule has 2 aromatic rings. The van der Waals surface area contributed by atoms with Crippen LogP contribution in [0.1, 0.15) is 37.4 Å². The summed E-state index contributed by atoms with van der Waals surface area (Å²) in [4.78, 5) is 0. The van der Waals surface area contributed by atoms with E-state index in [9.17, 15) is 4.39 Å². The van der Waals surface area contributed by atoms with E-state index in [0.29, 0.717) is 12.0 Å². The smallest absolute Gasteiger partial charge is 0.123 e. The minimum atomic E-state index is -0.180. The summed E-state index contributed by atoms with van der Waals surface area (Å²) < 4.78 is 15.0. The molecular weight excluding hydrogens is 265 g/mol. The first kappa shape index (κ1) is 15.7. The van der Waals surface area contributed by atoms with Gasteiger partial charge in [0.1, 0.15) is 5.82 Å². The first-order valence-electron chi connectivity index (χ1n) is 7.52. The molecule has 1 aromatic carbocycles. The van der Waals surface area contributed by atoms with Crippen LogP contribution in [0, 0.1) is 5.82 Å². The topological polar surface area (TPSA) is 29.9 Å². The first-order valence-corrected chi connectivity index (χ1v) is 7.52. The van der Waals surface area contributed by atoms with Gasteiger partial charge in [-0.2, -0.15) is 5.10 Å². The number of aromatic nitrogens is 2. The second-order valence-corrected chi connectivity index (χ2v) is 5.80. The highest BCUT2D eigenvalue weighted by Gasteiger charge is 2.13. The van der Waals surface area contributed by atoms with E-state index in [-0.39, 0.29) is 5.82 Å². The molecule has 3 nitrogen and oxygen atoms in total. The summed E-state index contributed by atoms with van der Waals surface area (Å²) in [5.41, 5.74) is 2.42. The van der Waals surface area contributed by atoms with Crippen LogP contribution in [0.5, 0.6) is 0 Å². The molecule has 0 aliphatic rings. The molecule has 0 spiro atoms. The summed E-state index contributed by atoms with van der Waals surface area (Å²) in [5, 5.41) is 7.69. The van der Waals surface area contributed by atoms with Crippen LogP contribution in [0.4, 0.5) is 4.39 Å². The van der Waals surface area contributed by atoms with Gasteiger partial charge in [0.05, 0.1) is 0 Å². The fraction of sp³-hybridized carbons (Fsp3) is 0.471. The number of rotatable bonds is 7. The molecule has 0 bridgehead atoms. The van der Waals surface area contributed by atoms with Crippen molar-refractivity contribution in [2.45, 2.75) is 38.6 Å². The maximum absolute atomic E-state index is 13.1. The summed E-state index contributed by atoms with van der Waals surface area (Å²) in [7, 11) is 1.97. The van der Waals surface area contributed by atoms with Crippen LogP contribution in [0.3, 0.4) is 0 Å². The van der Waals surface area contributed by atoms with Crippen molar-refractivity contribution in [2.75, 3.05) is 6.54 Å². The lowest BCUT2D eigenvalue weighted by Crippen LogP contribution is -2.28. The summed E-state index contributed by atoms with van der Waals surface area (Å²) in [6, 6.07) is 9.38. The Kier molecular flexibility index (Phi) is 5.51. The van der Waals surface area contributed by atoms with Crippen molar-refractivity contribution in [3.63, 3.8) is 0 Å². The molecule has 4 heteroatoms. The molecule has 0 radical (unpaired) electrons. The molecular formula is C17H24FN3. The minimum Gasteiger partial charge on any atom is -0.314 e. The number of hydrogen-bond acceptors (Lipinski definition) is 2. The molecule has 1 unspecified atom stereocenters. The van der Waals surface area contributed by atoms with Gasteiger partial charge in [-0.1, -0.05) is 26.0 Å². The number of aryl methyl sites for hydroxylation is 2. The SMILES string of the molecule is CC(C)NCC(CCc1ccnn1C)c1ccc(F)cc1. The van der Waals surface area contributed by atoms with Gasteiger partial charge in [-0.25, -0.2) is 4.39 Å². The van der Waals surface area contributed by atoms with Crippen molar-refractivity contribution in [1.29, 1.82) is 0 Å². The van der Waals surface area contributed by atoms with Crippen molar-refractivity contribution in [3.8, 4) is 0 Å². The van der Waals surface area contributed by atoms with Crippen LogP contribution in [0.25, 0.3) is 0 Å². The third kappa shape index (κ3) is 4.67. The predicted molar refractivity (Wildman–Crippen MR) is 83.8 cm³/mol. The first-order chi connectivity index (χ1) is 10.1. The number of nitrogens with one attached hydrogen (secondary N) is 1. The van der Waals surface area contributed by atoms with Gasteiger partial charge in [-0.3, -0.25) is 4.68 Å². The number of benzene rings is 1. The molecule has 0 amide bonds. The van der Waals surface area contributed by atoms with E-state index in [1.807, 2.05) is 30.1 Å². The molecule has 0 aliphatic carbocycles. The van der Waals surface area contributed by atoms with Crippen molar-refractivity contribution >= 4 is 0 Å². The Bertz CT molecular complexity index is 545.